The number of methoxy groups -OCH3 is 1. The van der Waals surface area contributed by atoms with Gasteiger partial charge in [-0.25, -0.2) is 0 Å². The molecule has 2 aromatic rings. The topological polar surface area (TPSA) is 72.9 Å². The molecule has 2 rings (SSSR count). The zero-order chi connectivity index (χ0) is 25.7. The normalized spacial score (nSPS) is 12.2. The predicted molar refractivity (Wildman–Crippen MR) is 122 cm³/mol. The Balaban J connectivity index is 2.37. The van der Waals surface area contributed by atoms with Crippen molar-refractivity contribution in [2.75, 3.05) is 13.7 Å². The molecule has 0 unspecified atom stereocenters. The molecule has 0 radical (unpaired) electrons. The number of amides is 1. The average molecular weight is 502 g/mol. The van der Waals surface area contributed by atoms with E-state index in [0.717, 1.165) is 18.2 Å². The first-order valence-corrected chi connectivity index (χ1v) is 12.2. The minimum Gasteiger partial charge on any atom is -0.493 e. The molecule has 0 heterocycles. The lowest BCUT2D eigenvalue weighted by Crippen LogP contribution is -2.34. The number of carbonyl (C=O) groups excluding carboxylic acids is 1. The second-order valence-corrected chi connectivity index (χ2v) is 10.4. The third kappa shape index (κ3) is 7.65. The van der Waals surface area contributed by atoms with Crippen molar-refractivity contribution < 1.29 is 35.3 Å². The van der Waals surface area contributed by atoms with Crippen LogP contribution in [0.2, 0.25) is 0 Å². The van der Waals surface area contributed by atoms with Crippen LogP contribution < -0.4 is 8.92 Å². The highest BCUT2D eigenvalue weighted by Crippen LogP contribution is 2.34. The van der Waals surface area contributed by atoms with Crippen LogP contribution in [0.25, 0.3) is 0 Å². The molecule has 0 N–H and O–H groups in total. The van der Waals surface area contributed by atoms with Gasteiger partial charge < -0.3 is 13.8 Å². The lowest BCUT2D eigenvalue weighted by atomic mass is 10.1. The van der Waals surface area contributed by atoms with Crippen molar-refractivity contribution in [3.8, 4) is 11.5 Å². The van der Waals surface area contributed by atoms with Crippen LogP contribution in [0.5, 0.6) is 11.5 Å². The molecule has 2 aromatic carbocycles. The molecular weight excluding hydrogens is 471 g/mol. The van der Waals surface area contributed by atoms with Crippen LogP contribution in [0.1, 0.15) is 45.2 Å². The van der Waals surface area contributed by atoms with Gasteiger partial charge in [0.15, 0.2) is 11.5 Å². The van der Waals surface area contributed by atoms with Crippen molar-refractivity contribution in [2.24, 2.45) is 11.8 Å². The van der Waals surface area contributed by atoms with Crippen molar-refractivity contribution in [1.29, 1.82) is 0 Å². The third-order valence-corrected chi connectivity index (χ3v) is 6.00. The zero-order valence-electron chi connectivity index (χ0n) is 19.8. The zero-order valence-corrected chi connectivity index (χ0v) is 20.7. The number of hydrogen-bond acceptors (Lipinski definition) is 5. The van der Waals surface area contributed by atoms with Gasteiger partial charge in [-0.15, -0.1) is 0 Å². The van der Waals surface area contributed by atoms with Crippen LogP contribution in [0.15, 0.2) is 47.4 Å². The second kappa shape index (κ2) is 11.1. The maximum Gasteiger partial charge on any atom is 0.416 e. The first-order chi connectivity index (χ1) is 15.7. The Morgan fingerprint density at radius 3 is 2.24 bits per heavy atom. The fraction of sp³-hybridized carbons (Fsp3) is 0.458. The van der Waals surface area contributed by atoms with E-state index in [0.29, 0.717) is 24.6 Å². The minimum atomic E-state index is -4.70. The largest absolute Gasteiger partial charge is 0.493 e. The lowest BCUT2D eigenvalue weighted by Gasteiger charge is -2.26. The van der Waals surface area contributed by atoms with Crippen molar-refractivity contribution in [3.05, 3.63) is 53.6 Å². The van der Waals surface area contributed by atoms with Gasteiger partial charge in [0, 0.05) is 19.5 Å². The van der Waals surface area contributed by atoms with Crippen LogP contribution in [-0.2, 0) is 27.6 Å². The molecule has 0 saturated heterocycles. The maximum absolute atomic E-state index is 13.0. The SMILES string of the molecule is COc1ccc(CN(CC(C)C)C(=O)CC(C)C)cc1OS(=O)(=O)c1cccc(C(F)(F)F)c1. The van der Waals surface area contributed by atoms with Gasteiger partial charge in [0.1, 0.15) is 4.90 Å². The van der Waals surface area contributed by atoms with Gasteiger partial charge in [-0.2, -0.15) is 21.6 Å². The minimum absolute atomic E-state index is 0.0291. The van der Waals surface area contributed by atoms with Gasteiger partial charge in [-0.05, 0) is 47.7 Å². The number of halogens is 3. The molecule has 0 aromatic heterocycles. The van der Waals surface area contributed by atoms with E-state index in [2.05, 4.69) is 0 Å². The smallest absolute Gasteiger partial charge is 0.416 e. The summed E-state index contributed by atoms with van der Waals surface area (Å²) < 4.78 is 74.9. The van der Waals surface area contributed by atoms with Gasteiger partial charge in [0.05, 0.1) is 12.7 Å². The molecule has 10 heteroatoms. The Hall–Kier alpha value is -2.75. The van der Waals surface area contributed by atoms with Crippen molar-refractivity contribution in [3.63, 3.8) is 0 Å². The first kappa shape index (κ1) is 27.5. The van der Waals surface area contributed by atoms with E-state index in [-0.39, 0.29) is 35.8 Å². The Bertz CT molecular complexity index is 1100. The Morgan fingerprint density at radius 1 is 1.00 bits per heavy atom. The number of rotatable bonds is 10. The molecule has 0 aliphatic carbocycles. The summed E-state index contributed by atoms with van der Waals surface area (Å²) in [5.74, 6) is 0.265. The molecule has 0 bridgehead atoms. The van der Waals surface area contributed by atoms with Crippen molar-refractivity contribution in [1.82, 2.24) is 4.90 Å². The third-order valence-electron chi connectivity index (χ3n) is 4.77. The van der Waals surface area contributed by atoms with E-state index in [4.69, 9.17) is 8.92 Å². The monoisotopic (exact) mass is 501 g/mol. The molecular formula is C24H30F3NO5S. The van der Waals surface area contributed by atoms with Gasteiger partial charge in [-0.1, -0.05) is 39.8 Å². The molecule has 0 atom stereocenters. The summed E-state index contributed by atoms with van der Waals surface area (Å²) in [5.41, 5.74) is -0.515. The number of nitrogens with zero attached hydrogens (tertiary/aromatic N) is 1. The van der Waals surface area contributed by atoms with E-state index in [1.807, 2.05) is 27.7 Å². The van der Waals surface area contributed by atoms with Gasteiger partial charge >= 0.3 is 16.3 Å². The molecule has 188 valence electrons. The summed E-state index contributed by atoms with van der Waals surface area (Å²) in [6, 6.07) is 7.90. The van der Waals surface area contributed by atoms with Gasteiger partial charge in [0.25, 0.3) is 0 Å². The van der Waals surface area contributed by atoms with Crippen LogP contribution in [-0.4, -0.2) is 32.9 Å². The van der Waals surface area contributed by atoms with Crippen LogP contribution >= 0.6 is 0 Å². The van der Waals surface area contributed by atoms with E-state index >= 15 is 0 Å². The molecule has 0 aliphatic rings. The number of benzene rings is 2. The summed E-state index contributed by atoms with van der Waals surface area (Å²) >= 11 is 0. The Morgan fingerprint density at radius 2 is 1.68 bits per heavy atom. The predicted octanol–water partition coefficient (Wildman–Crippen LogP) is 5.51. The highest BCUT2D eigenvalue weighted by molar-refractivity contribution is 7.87. The lowest BCUT2D eigenvalue weighted by molar-refractivity contribution is -0.137. The van der Waals surface area contributed by atoms with Crippen LogP contribution in [0.3, 0.4) is 0 Å². The Kier molecular flexibility index (Phi) is 8.99. The van der Waals surface area contributed by atoms with E-state index in [9.17, 15) is 26.4 Å². The first-order valence-electron chi connectivity index (χ1n) is 10.8. The summed E-state index contributed by atoms with van der Waals surface area (Å²) in [6.07, 6.45) is -4.33. The molecule has 1 amide bonds. The average Bonchev–Trinajstić information content (AvgIpc) is 2.72. The van der Waals surface area contributed by atoms with Crippen molar-refractivity contribution in [2.45, 2.75) is 51.7 Å². The van der Waals surface area contributed by atoms with E-state index in [1.165, 1.54) is 19.2 Å². The molecule has 0 aliphatic heterocycles. The van der Waals surface area contributed by atoms with Crippen molar-refractivity contribution >= 4 is 16.0 Å². The van der Waals surface area contributed by atoms with Crippen LogP contribution in [0.4, 0.5) is 13.2 Å². The fourth-order valence-corrected chi connectivity index (χ4v) is 4.25. The standard InChI is InChI=1S/C24H30F3NO5S/c1-16(2)11-23(29)28(14-17(3)4)15-18-9-10-21(32-5)22(12-18)33-34(30,31)20-8-6-7-19(13-20)24(25,26)27/h6-10,12-13,16-17H,11,14-15H2,1-5H3. The summed E-state index contributed by atoms with van der Waals surface area (Å²) in [7, 11) is -3.27. The number of hydrogen-bond donors (Lipinski definition) is 0. The van der Waals surface area contributed by atoms with E-state index in [1.54, 1.807) is 11.0 Å². The Labute approximate surface area is 198 Å². The fourth-order valence-electron chi connectivity index (χ4n) is 3.27. The highest BCUT2D eigenvalue weighted by Gasteiger charge is 2.32. The molecule has 34 heavy (non-hydrogen) atoms. The molecule has 0 spiro atoms. The number of alkyl halides is 3. The number of carbonyl (C=O) groups is 1. The molecule has 6 nitrogen and oxygen atoms in total. The maximum atomic E-state index is 13.0. The van der Waals surface area contributed by atoms with Crippen LogP contribution in [0, 0.1) is 11.8 Å². The molecule has 0 fully saturated rings. The molecule has 0 saturated carbocycles. The van der Waals surface area contributed by atoms with Gasteiger partial charge in [-0.3, -0.25) is 4.79 Å². The summed E-state index contributed by atoms with van der Waals surface area (Å²) in [4.78, 5) is 13.8. The summed E-state index contributed by atoms with van der Waals surface area (Å²) in [6.45, 7) is 8.59. The highest BCUT2D eigenvalue weighted by atomic mass is 32.2. The van der Waals surface area contributed by atoms with E-state index < -0.39 is 26.8 Å². The van der Waals surface area contributed by atoms with Gasteiger partial charge in [0.2, 0.25) is 5.91 Å². The second-order valence-electron chi connectivity index (χ2n) is 8.81. The quantitative estimate of drug-likeness (QED) is 0.401. The number of ether oxygens (including phenoxy) is 1. The summed E-state index contributed by atoms with van der Waals surface area (Å²) in [5, 5.41) is 0.